The second kappa shape index (κ2) is 6.60. The summed E-state index contributed by atoms with van der Waals surface area (Å²) in [4.78, 5) is 29.2. The van der Waals surface area contributed by atoms with Gasteiger partial charge in [-0.2, -0.15) is 4.98 Å². The quantitative estimate of drug-likeness (QED) is 0.610. The highest BCUT2D eigenvalue weighted by molar-refractivity contribution is 6.02. The number of amides is 1. The van der Waals surface area contributed by atoms with E-state index in [2.05, 4.69) is 25.3 Å². The molecule has 0 spiro atoms. The molecule has 4 heterocycles. The van der Waals surface area contributed by atoms with Crippen molar-refractivity contribution in [1.82, 2.24) is 24.5 Å². The second-order valence-corrected chi connectivity index (χ2v) is 5.52. The zero-order chi connectivity index (χ0) is 17.9. The van der Waals surface area contributed by atoms with Crippen LogP contribution in [0.25, 0.3) is 17.1 Å². The molecule has 0 aliphatic rings. The molecule has 8 nitrogen and oxygen atoms in total. The first-order valence-corrected chi connectivity index (χ1v) is 7.84. The number of hydrogen-bond donors (Lipinski definition) is 1. The third-order valence-corrected chi connectivity index (χ3v) is 3.79. The minimum Gasteiger partial charge on any atom is -0.431 e. The lowest BCUT2D eigenvalue weighted by atomic mass is 10.2. The molecule has 0 aromatic carbocycles. The highest BCUT2D eigenvalue weighted by atomic mass is 16.4. The smallest absolute Gasteiger partial charge is 0.302 e. The summed E-state index contributed by atoms with van der Waals surface area (Å²) in [5, 5.41) is 2.64. The molecule has 0 aliphatic carbocycles. The van der Waals surface area contributed by atoms with Crippen LogP contribution in [-0.2, 0) is 0 Å². The third-order valence-electron chi connectivity index (χ3n) is 3.79. The van der Waals surface area contributed by atoms with E-state index in [0.29, 0.717) is 17.1 Å². The molecule has 4 rings (SSSR count). The number of aromatic nitrogens is 5. The molecule has 0 unspecified atom stereocenters. The number of anilines is 1. The van der Waals surface area contributed by atoms with Gasteiger partial charge in [-0.1, -0.05) is 6.07 Å². The number of carbonyl (C=O) groups excluding carboxylic acids is 1. The topological polar surface area (TPSA) is 98.7 Å². The summed E-state index contributed by atoms with van der Waals surface area (Å²) in [5.74, 6) is -0.384. The van der Waals surface area contributed by atoms with Gasteiger partial charge >= 0.3 is 6.01 Å². The number of imidazole rings is 1. The summed E-state index contributed by atoms with van der Waals surface area (Å²) in [5.41, 5.74) is 3.36. The lowest BCUT2D eigenvalue weighted by Crippen LogP contribution is -2.16. The molecule has 4 aromatic heterocycles. The highest BCUT2D eigenvalue weighted by Crippen LogP contribution is 2.22. The first-order chi connectivity index (χ1) is 12.7. The fraction of sp³-hybridized carbons (Fsp3) is 0.0556. The maximum absolute atomic E-state index is 12.6. The molecule has 0 saturated carbocycles. The average molecular weight is 346 g/mol. The van der Waals surface area contributed by atoms with Gasteiger partial charge in [-0.25, -0.2) is 4.98 Å². The van der Waals surface area contributed by atoms with Crippen molar-refractivity contribution >= 4 is 11.9 Å². The normalized spacial score (nSPS) is 10.7. The Labute approximate surface area is 148 Å². The van der Waals surface area contributed by atoms with Gasteiger partial charge in [0, 0.05) is 18.6 Å². The standard InChI is InChI=1S/C18H14N6O2/c1-12-3-2-6-21-16(12)14-10-26-18(22-14)23-17(25)15-9-20-11-24(15)13-4-7-19-8-5-13/h2-11H,1H3,(H,22,23,25). The maximum Gasteiger partial charge on any atom is 0.302 e. The summed E-state index contributed by atoms with van der Waals surface area (Å²) < 4.78 is 7.02. The minimum absolute atomic E-state index is 0.0949. The van der Waals surface area contributed by atoms with E-state index in [1.807, 2.05) is 19.1 Å². The Kier molecular flexibility index (Phi) is 3.98. The Bertz CT molecular complexity index is 1050. The average Bonchev–Trinajstić information content (AvgIpc) is 3.32. The fourth-order valence-corrected chi connectivity index (χ4v) is 2.53. The van der Waals surface area contributed by atoms with Gasteiger partial charge in [0.05, 0.1) is 23.9 Å². The van der Waals surface area contributed by atoms with Gasteiger partial charge in [-0.05, 0) is 30.7 Å². The van der Waals surface area contributed by atoms with Crippen LogP contribution in [0, 0.1) is 6.92 Å². The lowest BCUT2D eigenvalue weighted by molar-refractivity contribution is 0.101. The van der Waals surface area contributed by atoms with Crippen molar-refractivity contribution in [2.45, 2.75) is 6.92 Å². The van der Waals surface area contributed by atoms with E-state index in [4.69, 9.17) is 4.42 Å². The second-order valence-electron chi connectivity index (χ2n) is 5.52. The summed E-state index contributed by atoms with van der Waals surface area (Å²) in [7, 11) is 0. The Morgan fingerprint density at radius 1 is 1.15 bits per heavy atom. The SMILES string of the molecule is Cc1cccnc1-c1coc(NC(=O)c2cncn2-c2ccncc2)n1. The molecular weight excluding hydrogens is 332 g/mol. The molecule has 1 N–H and O–H groups in total. The van der Waals surface area contributed by atoms with E-state index in [-0.39, 0.29) is 11.9 Å². The summed E-state index contributed by atoms with van der Waals surface area (Å²) in [6.45, 7) is 1.93. The number of hydrogen-bond acceptors (Lipinski definition) is 6. The van der Waals surface area contributed by atoms with E-state index in [9.17, 15) is 4.79 Å². The predicted octanol–water partition coefficient (Wildman–Crippen LogP) is 2.88. The van der Waals surface area contributed by atoms with Gasteiger partial charge in [-0.3, -0.25) is 24.6 Å². The van der Waals surface area contributed by atoms with Crippen LogP contribution in [0.5, 0.6) is 0 Å². The molecule has 8 heteroatoms. The van der Waals surface area contributed by atoms with E-state index < -0.39 is 0 Å². The summed E-state index contributed by atoms with van der Waals surface area (Å²) >= 11 is 0. The van der Waals surface area contributed by atoms with E-state index >= 15 is 0 Å². The van der Waals surface area contributed by atoms with Crippen LogP contribution >= 0.6 is 0 Å². The van der Waals surface area contributed by atoms with Crippen molar-refractivity contribution in [1.29, 1.82) is 0 Å². The Morgan fingerprint density at radius 3 is 2.81 bits per heavy atom. The molecule has 0 bridgehead atoms. The van der Waals surface area contributed by atoms with Crippen LogP contribution < -0.4 is 5.32 Å². The van der Waals surface area contributed by atoms with E-state index in [0.717, 1.165) is 11.3 Å². The van der Waals surface area contributed by atoms with Crippen LogP contribution in [0.4, 0.5) is 6.01 Å². The van der Waals surface area contributed by atoms with Crippen LogP contribution in [0.3, 0.4) is 0 Å². The largest absolute Gasteiger partial charge is 0.431 e. The number of nitrogens with zero attached hydrogens (tertiary/aromatic N) is 5. The number of pyridine rings is 2. The first-order valence-electron chi connectivity index (χ1n) is 7.84. The number of oxazole rings is 1. The molecule has 0 fully saturated rings. The van der Waals surface area contributed by atoms with Crippen molar-refractivity contribution < 1.29 is 9.21 Å². The van der Waals surface area contributed by atoms with Gasteiger partial charge in [0.2, 0.25) is 0 Å². The fourth-order valence-electron chi connectivity index (χ4n) is 2.53. The number of carbonyl (C=O) groups is 1. The molecular formula is C18H14N6O2. The first kappa shape index (κ1) is 15.7. The zero-order valence-electron chi connectivity index (χ0n) is 13.8. The monoisotopic (exact) mass is 346 g/mol. The van der Waals surface area contributed by atoms with Crippen LogP contribution in [-0.4, -0.2) is 30.4 Å². The van der Waals surface area contributed by atoms with Crippen LogP contribution in [0.1, 0.15) is 16.1 Å². The maximum atomic E-state index is 12.6. The molecule has 0 aliphatic heterocycles. The minimum atomic E-state index is -0.384. The highest BCUT2D eigenvalue weighted by Gasteiger charge is 2.17. The van der Waals surface area contributed by atoms with Crippen molar-refractivity contribution in [3.05, 3.63) is 72.9 Å². The number of rotatable bonds is 4. The van der Waals surface area contributed by atoms with Crippen LogP contribution in [0.15, 0.2) is 66.1 Å². The van der Waals surface area contributed by atoms with Crippen molar-refractivity contribution in [2.24, 2.45) is 0 Å². The van der Waals surface area contributed by atoms with E-state index in [1.54, 1.807) is 41.6 Å². The molecule has 128 valence electrons. The zero-order valence-corrected chi connectivity index (χ0v) is 13.8. The number of aryl methyl sites for hydroxylation is 1. The number of nitrogens with one attached hydrogen (secondary N) is 1. The van der Waals surface area contributed by atoms with Crippen molar-refractivity contribution in [2.75, 3.05) is 5.32 Å². The van der Waals surface area contributed by atoms with Crippen molar-refractivity contribution in [3.8, 4) is 17.1 Å². The summed E-state index contributed by atoms with van der Waals surface area (Å²) in [6.07, 6.45) is 9.47. The van der Waals surface area contributed by atoms with Crippen molar-refractivity contribution in [3.63, 3.8) is 0 Å². The molecule has 0 atom stereocenters. The van der Waals surface area contributed by atoms with Gasteiger partial charge in [0.1, 0.15) is 17.7 Å². The Hall–Kier alpha value is -3.81. The Balaban J connectivity index is 1.57. The molecule has 1 amide bonds. The predicted molar refractivity (Wildman–Crippen MR) is 93.8 cm³/mol. The molecule has 4 aromatic rings. The molecule has 0 radical (unpaired) electrons. The van der Waals surface area contributed by atoms with Gasteiger partial charge < -0.3 is 4.42 Å². The third kappa shape index (κ3) is 2.95. The molecule has 0 saturated heterocycles. The van der Waals surface area contributed by atoms with Gasteiger partial charge in [0.15, 0.2) is 0 Å². The van der Waals surface area contributed by atoms with Gasteiger partial charge in [0.25, 0.3) is 5.91 Å². The van der Waals surface area contributed by atoms with E-state index in [1.165, 1.54) is 12.5 Å². The van der Waals surface area contributed by atoms with Crippen LogP contribution in [0.2, 0.25) is 0 Å². The van der Waals surface area contributed by atoms with Gasteiger partial charge in [-0.15, -0.1) is 0 Å². The lowest BCUT2D eigenvalue weighted by Gasteiger charge is -2.06. The summed E-state index contributed by atoms with van der Waals surface area (Å²) in [6, 6.07) is 7.44. The Morgan fingerprint density at radius 2 is 2.00 bits per heavy atom. The molecule has 26 heavy (non-hydrogen) atoms.